The molecule has 194 valence electrons. The minimum atomic E-state index is 0. The molecule has 0 spiro atoms. The first kappa shape index (κ1) is 28.0. The van der Waals surface area contributed by atoms with Crippen LogP contribution < -0.4 is 4.90 Å². The van der Waals surface area contributed by atoms with E-state index in [1.54, 1.807) is 6.20 Å². The van der Waals surface area contributed by atoms with E-state index in [1.165, 1.54) is 34.1 Å². The summed E-state index contributed by atoms with van der Waals surface area (Å²) in [7, 11) is 2.11. The predicted molar refractivity (Wildman–Crippen MR) is 158 cm³/mol. The third kappa shape index (κ3) is 6.72. The van der Waals surface area contributed by atoms with Gasteiger partial charge in [-0.2, -0.15) is 37.3 Å². The first-order valence-corrected chi connectivity index (χ1v) is 12.7. The topological polar surface area (TPSA) is 19.4 Å². The van der Waals surface area contributed by atoms with Crippen LogP contribution in [0.3, 0.4) is 0 Å². The molecule has 39 heavy (non-hydrogen) atoms. The van der Waals surface area contributed by atoms with Crippen molar-refractivity contribution in [1.29, 1.82) is 0 Å². The van der Waals surface area contributed by atoms with E-state index in [0.717, 1.165) is 16.9 Å². The van der Waals surface area contributed by atoms with Gasteiger partial charge in [0, 0.05) is 11.9 Å². The van der Waals surface area contributed by atoms with Gasteiger partial charge in [-0.15, -0.1) is 47.2 Å². The van der Waals surface area contributed by atoms with Gasteiger partial charge in [-0.3, -0.25) is 0 Å². The van der Waals surface area contributed by atoms with Gasteiger partial charge in [-0.1, -0.05) is 73.7 Å². The summed E-state index contributed by atoms with van der Waals surface area (Å²) in [5, 5.41) is 0. The van der Waals surface area contributed by atoms with Crippen molar-refractivity contribution in [2.75, 3.05) is 11.9 Å². The third-order valence-electron chi connectivity index (χ3n) is 6.60. The van der Waals surface area contributed by atoms with Gasteiger partial charge < -0.3 is 14.8 Å². The van der Waals surface area contributed by atoms with Crippen molar-refractivity contribution in [3.8, 4) is 22.4 Å². The van der Waals surface area contributed by atoms with E-state index in [4.69, 9.17) is 0 Å². The van der Waals surface area contributed by atoms with Crippen LogP contribution in [0.15, 0.2) is 128 Å². The smallest absolute Gasteiger partial charge is 0.501 e. The summed E-state index contributed by atoms with van der Waals surface area (Å²) in [5.41, 5.74) is 9.18. The molecule has 0 amide bonds. The van der Waals surface area contributed by atoms with Crippen LogP contribution in [0.1, 0.15) is 18.1 Å². The molecule has 4 aromatic carbocycles. The molecule has 2 heterocycles. The molecule has 1 aromatic heterocycles. The van der Waals surface area contributed by atoms with Crippen LogP contribution in [0.25, 0.3) is 28.1 Å². The Kier molecular flexibility index (Phi) is 9.49. The van der Waals surface area contributed by atoms with Gasteiger partial charge >= 0.3 is 20.1 Å². The molecule has 0 radical (unpaired) electrons. The van der Waals surface area contributed by atoms with E-state index < -0.39 is 0 Å². The van der Waals surface area contributed by atoms with Crippen molar-refractivity contribution in [2.45, 2.75) is 13.8 Å². The molecule has 1 aliphatic heterocycles. The van der Waals surface area contributed by atoms with Gasteiger partial charge in [0.15, 0.2) is 0 Å². The number of pyridine rings is 1. The van der Waals surface area contributed by atoms with Crippen molar-refractivity contribution in [1.82, 2.24) is 9.88 Å². The summed E-state index contributed by atoms with van der Waals surface area (Å²) >= 11 is 0. The quantitative estimate of drug-likeness (QED) is 0.178. The Labute approximate surface area is 245 Å². The second kappa shape index (κ2) is 13.2. The van der Waals surface area contributed by atoms with Crippen molar-refractivity contribution >= 4 is 11.4 Å². The number of hydrogen-bond acceptors (Lipinski definition) is 3. The number of anilines is 1. The average Bonchev–Trinajstić information content (AvgIpc) is 3.29. The molecule has 5 aromatic rings. The summed E-state index contributed by atoms with van der Waals surface area (Å²) in [5.74, 6) is 0. The fourth-order valence-corrected chi connectivity index (χ4v) is 4.33. The monoisotopic (exact) mass is 685 g/mol. The van der Waals surface area contributed by atoms with Crippen LogP contribution >= 0.6 is 0 Å². The van der Waals surface area contributed by atoms with E-state index in [9.17, 15) is 0 Å². The van der Waals surface area contributed by atoms with Gasteiger partial charge in [0.05, 0.1) is 0 Å². The maximum Gasteiger partial charge on any atom is 3.00 e. The normalized spacial score (nSPS) is 12.7. The van der Waals surface area contributed by atoms with Crippen LogP contribution in [-0.4, -0.2) is 16.9 Å². The number of aromatic nitrogens is 1. The largest absolute Gasteiger partial charge is 3.00 e. The first-order chi connectivity index (χ1) is 18.6. The summed E-state index contributed by atoms with van der Waals surface area (Å²) < 4.78 is 0. The predicted octanol–water partition coefficient (Wildman–Crippen LogP) is 8.27. The Morgan fingerprint density at radius 1 is 0.718 bits per heavy atom. The van der Waals surface area contributed by atoms with E-state index >= 15 is 0 Å². The number of aryl methyl sites for hydroxylation is 1. The van der Waals surface area contributed by atoms with Crippen LogP contribution in [-0.2, 0) is 20.1 Å². The zero-order valence-electron chi connectivity index (χ0n) is 22.3. The maximum atomic E-state index is 4.25. The molecule has 0 unspecified atom stereocenters. The average molecular weight is 685 g/mol. The Morgan fingerprint density at radius 2 is 1.41 bits per heavy atom. The third-order valence-corrected chi connectivity index (χ3v) is 6.60. The Morgan fingerprint density at radius 3 is 2.05 bits per heavy atom. The number of hydrogen-bond donors (Lipinski definition) is 0. The second-order valence-electron chi connectivity index (χ2n) is 9.18. The van der Waals surface area contributed by atoms with Gasteiger partial charge in [-0.05, 0) is 41.7 Å². The molecule has 0 bridgehead atoms. The summed E-state index contributed by atoms with van der Waals surface area (Å²) in [6.07, 6.45) is 5.14. The molecule has 6 rings (SSSR count). The molecule has 0 N–H and O–H groups in total. The zero-order valence-corrected chi connectivity index (χ0v) is 24.7. The van der Waals surface area contributed by atoms with Crippen LogP contribution in [0.5, 0.6) is 0 Å². The van der Waals surface area contributed by atoms with Crippen LogP contribution in [0.4, 0.5) is 5.69 Å². The summed E-state index contributed by atoms with van der Waals surface area (Å²) in [6.45, 7) is 4.18. The number of rotatable bonds is 4. The van der Waals surface area contributed by atoms with E-state index in [2.05, 4.69) is 115 Å². The molecular weight excluding hydrogens is 655 g/mol. The van der Waals surface area contributed by atoms with Crippen molar-refractivity contribution in [3.63, 3.8) is 0 Å². The van der Waals surface area contributed by atoms with Gasteiger partial charge in [0.25, 0.3) is 0 Å². The molecule has 0 saturated carbocycles. The minimum absolute atomic E-state index is 0. The van der Waals surface area contributed by atoms with Gasteiger partial charge in [-0.25, -0.2) is 0 Å². The SMILES string of the molecule is C[C-]1N(C)C(c2ccc(-c3ccccc3)cc2)=CN1c1[c-]cccc1.Cc1c[c-]c(-c2ccccn2)cc1.[Ir+3]. The fraction of sp³-hybridized carbons (Fsp3) is 0.0857. The molecule has 0 atom stereocenters. The first-order valence-electron chi connectivity index (χ1n) is 12.7. The standard InChI is InChI=1S/C23H20N2.C12H10N.Ir/c1-18-24(2)23(17-25(18)22-11-7-4-8-12-22)21-15-13-20(14-16-21)19-9-5-3-6-10-19;1-10-5-7-11(8-6-10)12-4-2-3-9-13-12;/h3-11,13-17H,1-2H3;2-7,9H,1H3;/q-2;-1;+3. The number of para-hydroxylation sites is 1. The van der Waals surface area contributed by atoms with E-state index in [1.807, 2.05) is 54.6 Å². The number of nitrogens with zero attached hydrogens (tertiary/aromatic N) is 3. The molecule has 0 saturated heterocycles. The van der Waals surface area contributed by atoms with E-state index in [-0.39, 0.29) is 20.1 Å². The summed E-state index contributed by atoms with van der Waals surface area (Å²) in [4.78, 5) is 8.65. The Balaban J connectivity index is 0.000000213. The van der Waals surface area contributed by atoms with Crippen molar-refractivity contribution in [2.24, 2.45) is 0 Å². The van der Waals surface area contributed by atoms with Gasteiger partial charge in [0.1, 0.15) is 0 Å². The van der Waals surface area contributed by atoms with Gasteiger partial charge in [0.2, 0.25) is 0 Å². The molecule has 3 nitrogen and oxygen atoms in total. The van der Waals surface area contributed by atoms with Crippen molar-refractivity contribution in [3.05, 3.63) is 157 Å². The Bertz CT molecular complexity index is 1470. The molecule has 0 fully saturated rings. The maximum absolute atomic E-state index is 4.25. The van der Waals surface area contributed by atoms with Crippen LogP contribution in [0, 0.1) is 25.2 Å². The number of benzene rings is 4. The molecule has 1 aliphatic rings. The van der Waals surface area contributed by atoms with Crippen molar-refractivity contribution < 1.29 is 20.1 Å². The van der Waals surface area contributed by atoms with E-state index in [0.29, 0.717) is 0 Å². The molecule has 0 aliphatic carbocycles. The Hall–Kier alpha value is -3.98. The molecule has 4 heteroatoms. The molecular formula is C35H30IrN3. The second-order valence-corrected chi connectivity index (χ2v) is 9.18. The summed E-state index contributed by atoms with van der Waals surface area (Å²) in [6, 6.07) is 45.7. The zero-order chi connectivity index (χ0) is 26.3. The van der Waals surface area contributed by atoms with Crippen LogP contribution in [0.2, 0.25) is 0 Å². The fourth-order valence-electron chi connectivity index (χ4n) is 4.33. The minimum Gasteiger partial charge on any atom is -0.501 e.